The van der Waals surface area contributed by atoms with Gasteiger partial charge in [0, 0.05) is 31.4 Å². The number of benzene rings is 1. The average Bonchev–Trinajstić information content (AvgIpc) is 2.89. The Balaban J connectivity index is 2.00. The fourth-order valence-electron chi connectivity index (χ4n) is 2.62. The maximum absolute atomic E-state index is 5.80. The van der Waals surface area contributed by atoms with Crippen LogP contribution in [0.5, 0.6) is 11.5 Å². The molecule has 5 heteroatoms. The van der Waals surface area contributed by atoms with Gasteiger partial charge in [0.15, 0.2) is 11.5 Å². The van der Waals surface area contributed by atoms with E-state index in [1.165, 1.54) is 5.56 Å². The molecule has 1 aromatic heterocycles. The Hall–Kier alpha value is -2.01. The predicted octanol–water partition coefficient (Wildman–Crippen LogP) is 3.62. The van der Waals surface area contributed by atoms with E-state index in [1.807, 2.05) is 30.8 Å². The lowest BCUT2D eigenvalue weighted by molar-refractivity contribution is 0.256. The first kappa shape index (κ1) is 18.3. The third kappa shape index (κ3) is 4.74. The lowest BCUT2D eigenvalue weighted by Crippen LogP contribution is -2.18. The van der Waals surface area contributed by atoms with E-state index in [1.54, 1.807) is 7.11 Å². The lowest BCUT2D eigenvalue weighted by Gasteiger charge is -2.16. The molecule has 0 aliphatic rings. The van der Waals surface area contributed by atoms with Crippen molar-refractivity contribution in [2.75, 3.05) is 13.7 Å². The summed E-state index contributed by atoms with van der Waals surface area (Å²) >= 11 is 0. The van der Waals surface area contributed by atoms with Gasteiger partial charge in [0.1, 0.15) is 0 Å². The minimum atomic E-state index is 0.238. The van der Waals surface area contributed by atoms with E-state index in [2.05, 4.69) is 43.4 Å². The number of ether oxygens (including phenoxy) is 2. The Bertz CT molecular complexity index is 665. The molecule has 0 aliphatic carbocycles. The van der Waals surface area contributed by atoms with Gasteiger partial charge in [-0.25, -0.2) is 0 Å². The molecule has 0 aliphatic heterocycles. The fourth-order valence-corrected chi connectivity index (χ4v) is 2.62. The zero-order valence-corrected chi connectivity index (χ0v) is 15.6. The maximum Gasteiger partial charge on any atom is 0.161 e. The Labute approximate surface area is 145 Å². The molecule has 0 amide bonds. The minimum Gasteiger partial charge on any atom is -0.493 e. The number of nitrogens with zero attached hydrogens (tertiary/aromatic N) is 2. The van der Waals surface area contributed by atoms with Crippen LogP contribution in [0, 0.1) is 12.8 Å². The largest absolute Gasteiger partial charge is 0.493 e. The van der Waals surface area contributed by atoms with Crippen molar-refractivity contribution in [1.29, 1.82) is 0 Å². The quantitative estimate of drug-likeness (QED) is 0.802. The lowest BCUT2D eigenvalue weighted by atomic mass is 10.1. The number of aryl methyl sites for hydroxylation is 2. The van der Waals surface area contributed by atoms with E-state index >= 15 is 0 Å². The summed E-state index contributed by atoms with van der Waals surface area (Å²) in [6.07, 6.45) is 2.07. The van der Waals surface area contributed by atoms with Crippen molar-refractivity contribution >= 4 is 0 Å². The Kier molecular flexibility index (Phi) is 6.26. The second-order valence-corrected chi connectivity index (χ2v) is 6.64. The second-order valence-electron chi connectivity index (χ2n) is 6.64. The van der Waals surface area contributed by atoms with E-state index < -0.39 is 0 Å². The van der Waals surface area contributed by atoms with Crippen LogP contribution in [0.2, 0.25) is 0 Å². The molecular formula is C19H29N3O2. The van der Waals surface area contributed by atoms with Gasteiger partial charge in [0.2, 0.25) is 0 Å². The van der Waals surface area contributed by atoms with E-state index in [0.717, 1.165) is 29.3 Å². The molecule has 0 radical (unpaired) electrons. The van der Waals surface area contributed by atoms with Crippen LogP contribution >= 0.6 is 0 Å². The number of hydrogen-bond donors (Lipinski definition) is 1. The van der Waals surface area contributed by atoms with Crippen LogP contribution in [-0.4, -0.2) is 23.5 Å². The molecular weight excluding hydrogens is 302 g/mol. The fraction of sp³-hybridized carbons (Fsp3) is 0.526. The molecule has 1 atom stereocenters. The summed E-state index contributed by atoms with van der Waals surface area (Å²) < 4.78 is 13.1. The van der Waals surface area contributed by atoms with Gasteiger partial charge in [-0.2, -0.15) is 5.10 Å². The van der Waals surface area contributed by atoms with Crippen LogP contribution in [0.15, 0.2) is 24.4 Å². The first-order valence-corrected chi connectivity index (χ1v) is 8.44. The molecule has 1 unspecified atom stereocenters. The van der Waals surface area contributed by atoms with E-state index in [-0.39, 0.29) is 6.04 Å². The molecule has 1 heterocycles. The highest BCUT2D eigenvalue weighted by Crippen LogP contribution is 2.28. The van der Waals surface area contributed by atoms with Gasteiger partial charge in [-0.1, -0.05) is 19.9 Å². The van der Waals surface area contributed by atoms with E-state index in [0.29, 0.717) is 12.5 Å². The monoisotopic (exact) mass is 331 g/mol. The minimum absolute atomic E-state index is 0.238. The molecule has 0 saturated carbocycles. The van der Waals surface area contributed by atoms with Gasteiger partial charge in [-0.3, -0.25) is 4.68 Å². The van der Waals surface area contributed by atoms with Crippen LogP contribution in [0.1, 0.15) is 43.6 Å². The highest BCUT2D eigenvalue weighted by atomic mass is 16.5. The van der Waals surface area contributed by atoms with Gasteiger partial charge in [0.25, 0.3) is 0 Å². The van der Waals surface area contributed by atoms with Crippen LogP contribution < -0.4 is 14.8 Å². The van der Waals surface area contributed by atoms with Crippen molar-refractivity contribution in [2.45, 2.75) is 40.3 Å². The Morgan fingerprint density at radius 1 is 1.21 bits per heavy atom. The zero-order chi connectivity index (χ0) is 17.7. The van der Waals surface area contributed by atoms with E-state index in [9.17, 15) is 0 Å². The number of methoxy groups -OCH3 is 1. The standard InChI is InChI=1S/C19H29N3O2/c1-13(2)12-24-18-8-7-16(9-19(18)23-6)10-20-14(3)17-11-22(5)21-15(17)4/h7-9,11,13-14,20H,10,12H2,1-6H3. The van der Waals surface area contributed by atoms with E-state index in [4.69, 9.17) is 9.47 Å². The van der Waals surface area contributed by atoms with Crippen LogP contribution in [0.4, 0.5) is 0 Å². The van der Waals surface area contributed by atoms with Gasteiger partial charge in [-0.15, -0.1) is 0 Å². The second kappa shape index (κ2) is 8.20. The molecule has 1 aromatic carbocycles. The van der Waals surface area contributed by atoms with Crippen LogP contribution in [0.25, 0.3) is 0 Å². The maximum atomic E-state index is 5.80. The molecule has 24 heavy (non-hydrogen) atoms. The summed E-state index contributed by atoms with van der Waals surface area (Å²) in [7, 11) is 3.63. The van der Waals surface area contributed by atoms with Gasteiger partial charge in [-0.05, 0) is 37.5 Å². The first-order valence-electron chi connectivity index (χ1n) is 8.44. The summed E-state index contributed by atoms with van der Waals surface area (Å²) in [4.78, 5) is 0. The molecule has 2 aromatic rings. The van der Waals surface area contributed by atoms with Crippen molar-refractivity contribution in [3.8, 4) is 11.5 Å². The van der Waals surface area contributed by atoms with Crippen molar-refractivity contribution in [2.24, 2.45) is 13.0 Å². The van der Waals surface area contributed by atoms with Crippen molar-refractivity contribution < 1.29 is 9.47 Å². The number of nitrogens with one attached hydrogen (secondary N) is 1. The third-order valence-electron chi connectivity index (χ3n) is 3.93. The average molecular weight is 331 g/mol. The van der Waals surface area contributed by atoms with Crippen molar-refractivity contribution in [3.63, 3.8) is 0 Å². The molecule has 5 nitrogen and oxygen atoms in total. The summed E-state index contributed by atoms with van der Waals surface area (Å²) in [5.74, 6) is 2.06. The smallest absolute Gasteiger partial charge is 0.161 e. The number of aromatic nitrogens is 2. The van der Waals surface area contributed by atoms with Gasteiger partial charge in [0.05, 0.1) is 19.4 Å². The Morgan fingerprint density at radius 2 is 1.96 bits per heavy atom. The zero-order valence-electron chi connectivity index (χ0n) is 15.6. The highest BCUT2D eigenvalue weighted by Gasteiger charge is 2.12. The first-order chi connectivity index (χ1) is 11.4. The molecule has 0 saturated heterocycles. The molecule has 0 bridgehead atoms. The molecule has 0 spiro atoms. The van der Waals surface area contributed by atoms with Crippen molar-refractivity contribution in [3.05, 3.63) is 41.2 Å². The predicted molar refractivity (Wildman–Crippen MR) is 96.5 cm³/mol. The van der Waals surface area contributed by atoms with Gasteiger partial charge < -0.3 is 14.8 Å². The molecule has 132 valence electrons. The van der Waals surface area contributed by atoms with Crippen LogP contribution in [-0.2, 0) is 13.6 Å². The highest BCUT2D eigenvalue weighted by molar-refractivity contribution is 5.43. The number of rotatable bonds is 8. The summed E-state index contributed by atoms with van der Waals surface area (Å²) in [5, 5.41) is 7.94. The SMILES string of the molecule is COc1cc(CNC(C)c2cn(C)nc2C)ccc1OCC(C)C. The topological polar surface area (TPSA) is 48.3 Å². The Morgan fingerprint density at radius 3 is 2.54 bits per heavy atom. The van der Waals surface area contributed by atoms with Crippen molar-refractivity contribution in [1.82, 2.24) is 15.1 Å². The van der Waals surface area contributed by atoms with Crippen LogP contribution in [0.3, 0.4) is 0 Å². The number of hydrogen-bond acceptors (Lipinski definition) is 4. The normalized spacial score (nSPS) is 12.5. The molecule has 0 fully saturated rings. The summed E-state index contributed by atoms with van der Waals surface area (Å²) in [6.45, 7) is 9.90. The summed E-state index contributed by atoms with van der Waals surface area (Å²) in [6, 6.07) is 6.33. The van der Waals surface area contributed by atoms with Gasteiger partial charge >= 0.3 is 0 Å². The summed E-state index contributed by atoms with van der Waals surface area (Å²) in [5.41, 5.74) is 3.45. The molecule has 1 N–H and O–H groups in total. The third-order valence-corrected chi connectivity index (χ3v) is 3.93. The molecule has 2 rings (SSSR count).